The lowest BCUT2D eigenvalue weighted by atomic mass is 10.1. The minimum atomic E-state index is 0.786. The third-order valence-corrected chi connectivity index (χ3v) is 3.51. The lowest BCUT2D eigenvalue weighted by Gasteiger charge is -2.18. The van der Waals surface area contributed by atoms with Crippen LogP contribution in [0.3, 0.4) is 0 Å². The maximum atomic E-state index is 4.11. The van der Waals surface area contributed by atoms with Gasteiger partial charge in [-0.15, -0.1) is 5.11 Å². The Kier molecular flexibility index (Phi) is 5.00. The predicted octanol–water partition coefficient (Wildman–Crippen LogP) is 5.51. The standard InChI is InChI=1S/C20H18N4/c1-2-24(23-22-21-19-11-7-4-8-12-19)20-15-13-18(14-16-20)17-9-5-3-6-10-17/h2-16H,1H2,(H,21,23). The lowest BCUT2D eigenvalue weighted by Crippen LogP contribution is -2.27. The van der Waals surface area contributed by atoms with E-state index in [0.29, 0.717) is 0 Å². The van der Waals surface area contributed by atoms with Crippen molar-refractivity contribution < 1.29 is 0 Å². The van der Waals surface area contributed by atoms with Crippen molar-refractivity contribution in [1.29, 1.82) is 0 Å². The quantitative estimate of drug-likeness (QED) is 0.481. The lowest BCUT2D eigenvalue weighted by molar-refractivity contribution is 0.708. The Hall–Kier alpha value is -3.40. The molecule has 0 unspecified atom stereocenters. The van der Waals surface area contributed by atoms with Gasteiger partial charge in [0.15, 0.2) is 0 Å². The molecule has 0 aliphatic rings. The van der Waals surface area contributed by atoms with Crippen LogP contribution in [0.1, 0.15) is 0 Å². The van der Waals surface area contributed by atoms with Crippen molar-refractivity contribution in [3.63, 3.8) is 0 Å². The van der Waals surface area contributed by atoms with Gasteiger partial charge in [-0.25, -0.2) is 5.01 Å². The van der Waals surface area contributed by atoms with Gasteiger partial charge in [0, 0.05) is 6.20 Å². The fraction of sp³-hybridized carbons (Fsp3) is 0. The van der Waals surface area contributed by atoms with E-state index in [4.69, 9.17) is 0 Å². The molecule has 1 N–H and O–H groups in total. The molecule has 0 amide bonds. The number of hydrogen-bond acceptors (Lipinski definition) is 3. The molecule has 3 aromatic carbocycles. The minimum Gasteiger partial charge on any atom is -0.247 e. The molecule has 0 atom stereocenters. The van der Waals surface area contributed by atoms with Crippen LogP contribution in [0, 0.1) is 0 Å². The average Bonchev–Trinajstić information content (AvgIpc) is 2.67. The molecule has 0 fully saturated rings. The van der Waals surface area contributed by atoms with Crippen molar-refractivity contribution in [3.8, 4) is 11.1 Å². The molecule has 0 aromatic heterocycles. The largest absolute Gasteiger partial charge is 0.247 e. The highest BCUT2D eigenvalue weighted by Gasteiger charge is 2.02. The first kappa shape index (κ1) is 15.5. The zero-order valence-electron chi connectivity index (χ0n) is 13.2. The Balaban J connectivity index is 1.69. The fourth-order valence-corrected chi connectivity index (χ4v) is 2.27. The van der Waals surface area contributed by atoms with Crippen LogP contribution in [0.4, 0.5) is 11.4 Å². The summed E-state index contributed by atoms with van der Waals surface area (Å²) in [6.45, 7) is 3.81. The Morgan fingerprint density at radius 3 is 1.96 bits per heavy atom. The van der Waals surface area contributed by atoms with Gasteiger partial charge < -0.3 is 0 Å². The number of hydrazine groups is 1. The monoisotopic (exact) mass is 314 g/mol. The third-order valence-electron chi connectivity index (χ3n) is 3.51. The highest BCUT2D eigenvalue weighted by Crippen LogP contribution is 2.22. The maximum Gasteiger partial charge on any atom is 0.0874 e. The van der Waals surface area contributed by atoms with E-state index >= 15 is 0 Å². The van der Waals surface area contributed by atoms with Gasteiger partial charge in [-0.05, 0) is 35.4 Å². The van der Waals surface area contributed by atoms with Crippen LogP contribution in [0.25, 0.3) is 11.1 Å². The smallest absolute Gasteiger partial charge is 0.0874 e. The van der Waals surface area contributed by atoms with Gasteiger partial charge in [0.25, 0.3) is 0 Å². The van der Waals surface area contributed by atoms with Crippen LogP contribution in [0.2, 0.25) is 0 Å². The summed E-state index contributed by atoms with van der Waals surface area (Å²) in [5.41, 5.74) is 6.93. The second kappa shape index (κ2) is 7.74. The maximum absolute atomic E-state index is 4.11. The Labute approximate surface area is 141 Å². The van der Waals surface area contributed by atoms with Gasteiger partial charge in [-0.2, -0.15) is 5.53 Å². The molecule has 0 saturated carbocycles. The van der Waals surface area contributed by atoms with Gasteiger partial charge in [-0.1, -0.05) is 72.5 Å². The molecule has 4 nitrogen and oxygen atoms in total. The normalized spacial score (nSPS) is 10.5. The molecule has 3 aromatic rings. The summed E-state index contributed by atoms with van der Waals surface area (Å²) in [6.07, 6.45) is 1.65. The van der Waals surface area contributed by atoms with Gasteiger partial charge in [-0.3, -0.25) is 0 Å². The molecule has 0 aliphatic heterocycles. The molecule has 0 spiro atoms. The van der Waals surface area contributed by atoms with Gasteiger partial charge in [0.1, 0.15) is 0 Å². The molecule has 0 saturated heterocycles. The van der Waals surface area contributed by atoms with E-state index in [0.717, 1.165) is 16.9 Å². The second-order valence-corrected chi connectivity index (χ2v) is 5.10. The summed E-state index contributed by atoms with van der Waals surface area (Å²) in [7, 11) is 0. The van der Waals surface area contributed by atoms with E-state index in [1.807, 2.05) is 60.7 Å². The summed E-state index contributed by atoms with van der Waals surface area (Å²) in [4.78, 5) is 0. The van der Waals surface area contributed by atoms with E-state index in [1.54, 1.807) is 11.2 Å². The van der Waals surface area contributed by atoms with Crippen molar-refractivity contribution in [2.24, 2.45) is 10.3 Å². The number of anilines is 1. The van der Waals surface area contributed by atoms with Gasteiger partial charge in [0.05, 0.1) is 11.4 Å². The number of nitrogens with zero attached hydrogens (tertiary/aromatic N) is 3. The first-order chi connectivity index (χ1) is 11.9. The highest BCUT2D eigenvalue weighted by atomic mass is 15.7. The summed E-state index contributed by atoms with van der Waals surface area (Å²) in [5.74, 6) is 0. The summed E-state index contributed by atoms with van der Waals surface area (Å²) in [6, 6.07) is 28.0. The first-order valence-corrected chi connectivity index (χ1v) is 7.65. The van der Waals surface area contributed by atoms with E-state index in [-0.39, 0.29) is 0 Å². The predicted molar refractivity (Wildman–Crippen MR) is 98.6 cm³/mol. The van der Waals surface area contributed by atoms with Crippen molar-refractivity contribution in [1.82, 2.24) is 5.53 Å². The summed E-state index contributed by atoms with van der Waals surface area (Å²) < 4.78 is 0. The van der Waals surface area contributed by atoms with Gasteiger partial charge in [0.2, 0.25) is 0 Å². The number of rotatable bonds is 6. The molecule has 0 bridgehead atoms. The highest BCUT2D eigenvalue weighted by molar-refractivity contribution is 5.66. The van der Waals surface area contributed by atoms with Gasteiger partial charge >= 0.3 is 0 Å². The zero-order chi connectivity index (χ0) is 16.6. The molecule has 4 heteroatoms. The molecule has 0 aliphatic carbocycles. The topological polar surface area (TPSA) is 40.0 Å². The van der Waals surface area contributed by atoms with E-state index < -0.39 is 0 Å². The molecular formula is C20H18N4. The Morgan fingerprint density at radius 1 is 0.750 bits per heavy atom. The summed E-state index contributed by atoms with van der Waals surface area (Å²) >= 11 is 0. The summed E-state index contributed by atoms with van der Waals surface area (Å²) in [5, 5.41) is 9.82. The van der Waals surface area contributed by atoms with Crippen LogP contribution in [0.5, 0.6) is 0 Å². The van der Waals surface area contributed by atoms with E-state index in [9.17, 15) is 0 Å². The molecular weight excluding hydrogens is 296 g/mol. The molecule has 3 rings (SSSR count). The van der Waals surface area contributed by atoms with Crippen LogP contribution in [-0.4, -0.2) is 0 Å². The van der Waals surface area contributed by atoms with Crippen molar-refractivity contribution in [2.75, 3.05) is 5.01 Å². The number of nitrogens with one attached hydrogen (secondary N) is 1. The van der Waals surface area contributed by atoms with Crippen molar-refractivity contribution >= 4 is 11.4 Å². The Morgan fingerprint density at radius 2 is 1.33 bits per heavy atom. The third kappa shape index (κ3) is 3.87. The number of benzene rings is 3. The van der Waals surface area contributed by atoms with Crippen LogP contribution in [-0.2, 0) is 0 Å². The average molecular weight is 314 g/mol. The molecule has 118 valence electrons. The van der Waals surface area contributed by atoms with Crippen LogP contribution in [0.15, 0.2) is 108 Å². The zero-order valence-corrected chi connectivity index (χ0v) is 13.2. The SMILES string of the molecule is C=CN(NN=Nc1ccccc1)c1ccc(-c2ccccc2)cc1. The second-order valence-electron chi connectivity index (χ2n) is 5.10. The Bertz CT molecular complexity index is 796. The van der Waals surface area contributed by atoms with E-state index in [2.05, 4.69) is 46.7 Å². The first-order valence-electron chi connectivity index (χ1n) is 7.65. The molecule has 0 radical (unpaired) electrons. The van der Waals surface area contributed by atoms with Crippen LogP contribution < -0.4 is 10.5 Å². The number of hydrogen-bond donors (Lipinski definition) is 1. The molecule has 0 heterocycles. The van der Waals surface area contributed by atoms with Crippen molar-refractivity contribution in [2.45, 2.75) is 0 Å². The van der Waals surface area contributed by atoms with Crippen molar-refractivity contribution in [3.05, 3.63) is 97.7 Å². The van der Waals surface area contributed by atoms with E-state index in [1.165, 1.54) is 5.56 Å². The minimum absolute atomic E-state index is 0.786. The van der Waals surface area contributed by atoms with Crippen LogP contribution >= 0.6 is 0 Å². The molecule has 24 heavy (non-hydrogen) atoms. The fourth-order valence-electron chi connectivity index (χ4n) is 2.27.